The van der Waals surface area contributed by atoms with Crippen molar-refractivity contribution in [2.45, 2.75) is 18.6 Å². The maximum atomic E-state index is 12.9. The van der Waals surface area contributed by atoms with Gasteiger partial charge in [-0.3, -0.25) is 9.59 Å². The monoisotopic (exact) mass is 291 g/mol. The summed E-state index contributed by atoms with van der Waals surface area (Å²) in [4.78, 5) is 23.8. The van der Waals surface area contributed by atoms with Gasteiger partial charge in [-0.2, -0.15) is 0 Å². The van der Waals surface area contributed by atoms with E-state index in [9.17, 15) is 19.1 Å². The number of ether oxygens (including phenoxy) is 1. The predicted molar refractivity (Wildman–Crippen MR) is 72.1 cm³/mol. The summed E-state index contributed by atoms with van der Waals surface area (Å²) in [5.41, 5.74) is -0.501. The van der Waals surface area contributed by atoms with Crippen molar-refractivity contribution in [3.63, 3.8) is 0 Å². The molecule has 0 aromatic heterocycles. The Labute approximate surface area is 120 Å². The molecule has 1 aromatic carbocycles. The number of rotatable bonds is 3. The van der Waals surface area contributed by atoms with Crippen LogP contribution in [-0.4, -0.2) is 28.7 Å². The Morgan fingerprint density at radius 2 is 2.00 bits per heavy atom. The molecule has 0 saturated carbocycles. The fourth-order valence-corrected chi connectivity index (χ4v) is 3.03. The number of carboxylic acid groups (broad SMARTS) is 1. The number of hydrogen-bond donors (Lipinski definition) is 2. The minimum atomic E-state index is -1.06. The molecule has 1 fully saturated rings. The number of anilines is 1. The van der Waals surface area contributed by atoms with Crippen molar-refractivity contribution in [2.24, 2.45) is 11.8 Å². The predicted octanol–water partition coefficient (Wildman–Crippen LogP) is 1.81. The van der Waals surface area contributed by atoms with Crippen LogP contribution in [0.25, 0.3) is 0 Å². The van der Waals surface area contributed by atoms with Crippen molar-refractivity contribution in [3.05, 3.63) is 42.2 Å². The second-order valence-electron chi connectivity index (χ2n) is 5.46. The molecule has 0 aliphatic carbocycles. The van der Waals surface area contributed by atoms with E-state index in [0.717, 1.165) is 0 Å². The van der Waals surface area contributed by atoms with Gasteiger partial charge in [-0.1, -0.05) is 12.2 Å². The minimum Gasteiger partial charge on any atom is -0.481 e. The number of fused-ring (bicyclic) bond motifs is 2. The number of amides is 1. The van der Waals surface area contributed by atoms with Crippen molar-refractivity contribution in [3.8, 4) is 0 Å². The van der Waals surface area contributed by atoms with Crippen LogP contribution in [0.3, 0.4) is 0 Å². The van der Waals surface area contributed by atoms with Gasteiger partial charge in [0, 0.05) is 5.69 Å². The van der Waals surface area contributed by atoms with Crippen LogP contribution >= 0.6 is 0 Å². The molecule has 1 aromatic rings. The van der Waals surface area contributed by atoms with E-state index in [1.807, 2.05) is 0 Å². The number of benzene rings is 1. The van der Waals surface area contributed by atoms with E-state index in [1.165, 1.54) is 24.3 Å². The van der Waals surface area contributed by atoms with Gasteiger partial charge in [0.15, 0.2) is 0 Å². The fraction of sp³-hybridized carbons (Fsp3) is 0.333. The molecule has 110 valence electrons. The van der Waals surface area contributed by atoms with Gasteiger partial charge in [0.25, 0.3) is 0 Å². The Morgan fingerprint density at radius 1 is 1.33 bits per heavy atom. The van der Waals surface area contributed by atoms with Crippen molar-refractivity contribution < 1.29 is 23.8 Å². The third kappa shape index (κ3) is 2.21. The lowest BCUT2D eigenvalue weighted by Gasteiger charge is -2.27. The number of carbonyl (C=O) groups excluding carboxylic acids is 1. The Balaban J connectivity index is 1.84. The van der Waals surface area contributed by atoms with E-state index < -0.39 is 41.2 Å². The molecule has 4 atom stereocenters. The quantitative estimate of drug-likeness (QED) is 0.833. The molecular formula is C15H14FNO4. The molecule has 6 heteroatoms. The molecule has 21 heavy (non-hydrogen) atoms. The first-order valence-corrected chi connectivity index (χ1v) is 6.57. The number of hydrogen-bond acceptors (Lipinski definition) is 3. The van der Waals surface area contributed by atoms with Gasteiger partial charge < -0.3 is 15.2 Å². The Hall–Kier alpha value is -2.21. The molecule has 2 heterocycles. The maximum absolute atomic E-state index is 12.9. The summed E-state index contributed by atoms with van der Waals surface area (Å²) in [7, 11) is 0. The molecule has 3 rings (SSSR count). The third-order valence-corrected chi connectivity index (χ3v) is 4.02. The van der Waals surface area contributed by atoms with E-state index in [0.29, 0.717) is 5.69 Å². The van der Waals surface area contributed by atoms with Crippen molar-refractivity contribution >= 4 is 17.6 Å². The molecule has 1 saturated heterocycles. The fourth-order valence-electron chi connectivity index (χ4n) is 3.03. The lowest BCUT2D eigenvalue weighted by atomic mass is 9.75. The van der Waals surface area contributed by atoms with Crippen LogP contribution in [-0.2, 0) is 14.3 Å². The van der Waals surface area contributed by atoms with Gasteiger partial charge >= 0.3 is 5.97 Å². The molecule has 2 aliphatic rings. The van der Waals surface area contributed by atoms with E-state index in [2.05, 4.69) is 5.32 Å². The average molecular weight is 291 g/mol. The number of nitrogens with one attached hydrogen (secondary N) is 1. The largest absolute Gasteiger partial charge is 0.481 e. The molecule has 5 nitrogen and oxygen atoms in total. The van der Waals surface area contributed by atoms with Crippen LogP contribution in [0.1, 0.15) is 6.92 Å². The van der Waals surface area contributed by atoms with Gasteiger partial charge in [-0.15, -0.1) is 0 Å². The zero-order chi connectivity index (χ0) is 15.2. The van der Waals surface area contributed by atoms with Gasteiger partial charge in [0.2, 0.25) is 5.91 Å². The summed E-state index contributed by atoms with van der Waals surface area (Å²) in [6.07, 6.45) is 2.82. The first-order valence-electron chi connectivity index (χ1n) is 6.57. The summed E-state index contributed by atoms with van der Waals surface area (Å²) in [5, 5.41) is 12.0. The smallest absolute Gasteiger partial charge is 0.310 e. The van der Waals surface area contributed by atoms with Crippen LogP contribution in [0.15, 0.2) is 36.4 Å². The number of aliphatic carboxylic acids is 1. The number of halogens is 1. The van der Waals surface area contributed by atoms with Crippen LogP contribution in [0, 0.1) is 17.7 Å². The van der Waals surface area contributed by atoms with E-state index in [4.69, 9.17) is 4.74 Å². The summed E-state index contributed by atoms with van der Waals surface area (Å²) in [6.45, 7) is 1.70. The Morgan fingerprint density at radius 3 is 2.62 bits per heavy atom. The topological polar surface area (TPSA) is 75.6 Å². The second kappa shape index (κ2) is 4.66. The second-order valence-corrected chi connectivity index (χ2v) is 5.46. The molecule has 0 unspecified atom stereocenters. The van der Waals surface area contributed by atoms with Gasteiger partial charge in [0.05, 0.1) is 17.6 Å². The molecule has 1 amide bonds. The van der Waals surface area contributed by atoms with Crippen LogP contribution in [0.2, 0.25) is 0 Å². The Kier molecular flexibility index (Phi) is 3.06. The van der Waals surface area contributed by atoms with Crippen molar-refractivity contribution in [1.29, 1.82) is 0 Å². The molecule has 0 spiro atoms. The minimum absolute atomic E-state index is 0.408. The maximum Gasteiger partial charge on any atom is 0.310 e. The SMILES string of the molecule is C[C@@]12C=C[C@@H](O1)[C@@H](C(=O)O)[C@H]2C(=O)Nc1ccc(F)cc1. The van der Waals surface area contributed by atoms with Crippen LogP contribution < -0.4 is 5.32 Å². The summed E-state index contributed by atoms with van der Waals surface area (Å²) in [6, 6.07) is 5.30. The van der Waals surface area contributed by atoms with Crippen LogP contribution in [0.5, 0.6) is 0 Å². The zero-order valence-electron chi connectivity index (χ0n) is 11.2. The summed E-state index contributed by atoms with van der Waals surface area (Å²) in [5.74, 6) is -3.65. The summed E-state index contributed by atoms with van der Waals surface area (Å²) < 4.78 is 18.5. The van der Waals surface area contributed by atoms with Crippen molar-refractivity contribution in [1.82, 2.24) is 0 Å². The molecule has 2 bridgehead atoms. The third-order valence-electron chi connectivity index (χ3n) is 4.02. The van der Waals surface area contributed by atoms with Crippen LogP contribution in [0.4, 0.5) is 10.1 Å². The standard InChI is InChI=1S/C15H14FNO4/c1-15-7-6-10(21-15)11(14(19)20)12(15)13(18)17-9-4-2-8(16)3-5-9/h2-7,10-12H,1H3,(H,17,18)(H,19,20)/t10-,11-,12+,15+/m1/s1. The molecular weight excluding hydrogens is 277 g/mol. The highest BCUT2D eigenvalue weighted by molar-refractivity contribution is 5.97. The highest BCUT2D eigenvalue weighted by Crippen LogP contribution is 2.47. The van der Waals surface area contributed by atoms with E-state index in [1.54, 1.807) is 19.1 Å². The Bertz CT molecular complexity index is 627. The summed E-state index contributed by atoms with van der Waals surface area (Å²) >= 11 is 0. The average Bonchev–Trinajstić information content (AvgIpc) is 2.94. The number of carbonyl (C=O) groups is 2. The first-order chi connectivity index (χ1) is 9.90. The number of carboxylic acids is 1. The normalized spacial score (nSPS) is 33.1. The first kappa shape index (κ1) is 13.8. The highest BCUT2D eigenvalue weighted by atomic mass is 19.1. The van der Waals surface area contributed by atoms with E-state index >= 15 is 0 Å². The lowest BCUT2D eigenvalue weighted by Crippen LogP contribution is -2.44. The van der Waals surface area contributed by atoms with Crippen molar-refractivity contribution in [2.75, 3.05) is 5.32 Å². The zero-order valence-corrected chi connectivity index (χ0v) is 11.2. The van der Waals surface area contributed by atoms with E-state index in [-0.39, 0.29) is 0 Å². The van der Waals surface area contributed by atoms with Gasteiger partial charge in [-0.05, 0) is 31.2 Å². The molecule has 2 aliphatic heterocycles. The molecule has 0 radical (unpaired) electrons. The molecule has 2 N–H and O–H groups in total. The lowest BCUT2D eigenvalue weighted by molar-refractivity contribution is -0.146. The van der Waals surface area contributed by atoms with Gasteiger partial charge in [-0.25, -0.2) is 4.39 Å². The van der Waals surface area contributed by atoms with Gasteiger partial charge in [0.1, 0.15) is 11.7 Å². The highest BCUT2D eigenvalue weighted by Gasteiger charge is 2.59.